The minimum absolute atomic E-state index is 0.0705. The molecule has 2 amide bonds. The SMILES string of the molecule is CNC(=O)Nc1cccc([C@@H](O)CNC(C)(C)C)n1. The minimum Gasteiger partial charge on any atom is -0.385 e. The molecule has 19 heavy (non-hydrogen) atoms. The number of hydrogen-bond acceptors (Lipinski definition) is 4. The van der Waals surface area contributed by atoms with Crippen molar-refractivity contribution in [3.05, 3.63) is 23.9 Å². The lowest BCUT2D eigenvalue weighted by Crippen LogP contribution is -2.38. The molecule has 0 saturated heterocycles. The van der Waals surface area contributed by atoms with E-state index in [4.69, 9.17) is 0 Å². The molecule has 1 atom stereocenters. The number of rotatable bonds is 4. The molecule has 0 fully saturated rings. The first-order valence-electron chi connectivity index (χ1n) is 6.20. The molecule has 0 aliphatic heterocycles. The van der Waals surface area contributed by atoms with Gasteiger partial charge in [-0.15, -0.1) is 0 Å². The van der Waals surface area contributed by atoms with Gasteiger partial charge in [0.1, 0.15) is 11.9 Å². The molecule has 106 valence electrons. The van der Waals surface area contributed by atoms with Gasteiger partial charge in [0, 0.05) is 19.1 Å². The van der Waals surface area contributed by atoms with Crippen LogP contribution in [0, 0.1) is 0 Å². The lowest BCUT2D eigenvalue weighted by atomic mass is 10.1. The predicted octanol–water partition coefficient (Wildman–Crippen LogP) is 1.25. The summed E-state index contributed by atoms with van der Waals surface area (Å²) < 4.78 is 0. The van der Waals surface area contributed by atoms with E-state index in [9.17, 15) is 9.90 Å². The lowest BCUT2D eigenvalue weighted by molar-refractivity contribution is 0.159. The van der Waals surface area contributed by atoms with Crippen LogP contribution in [0.4, 0.5) is 10.6 Å². The van der Waals surface area contributed by atoms with Crippen molar-refractivity contribution in [2.24, 2.45) is 0 Å². The van der Waals surface area contributed by atoms with Gasteiger partial charge in [-0.1, -0.05) is 6.07 Å². The molecule has 0 unspecified atom stereocenters. The number of amides is 2. The van der Waals surface area contributed by atoms with Gasteiger partial charge in [-0.25, -0.2) is 9.78 Å². The van der Waals surface area contributed by atoms with E-state index in [1.54, 1.807) is 18.2 Å². The van der Waals surface area contributed by atoms with Gasteiger partial charge >= 0.3 is 6.03 Å². The van der Waals surface area contributed by atoms with Crippen LogP contribution in [-0.2, 0) is 0 Å². The van der Waals surface area contributed by atoms with Crippen molar-refractivity contribution in [3.8, 4) is 0 Å². The summed E-state index contributed by atoms with van der Waals surface area (Å²) in [7, 11) is 1.53. The third-order valence-corrected chi connectivity index (χ3v) is 2.41. The molecule has 4 N–H and O–H groups in total. The number of hydrogen-bond donors (Lipinski definition) is 4. The molecule has 0 aliphatic rings. The average molecular weight is 266 g/mol. The van der Waals surface area contributed by atoms with E-state index < -0.39 is 6.10 Å². The summed E-state index contributed by atoms with van der Waals surface area (Å²) in [6, 6.07) is 4.80. The molecule has 1 aromatic rings. The zero-order chi connectivity index (χ0) is 14.5. The number of aromatic nitrogens is 1. The topological polar surface area (TPSA) is 86.3 Å². The number of pyridine rings is 1. The first-order valence-corrected chi connectivity index (χ1v) is 6.20. The fraction of sp³-hybridized carbons (Fsp3) is 0.538. The van der Waals surface area contributed by atoms with Crippen molar-refractivity contribution in [3.63, 3.8) is 0 Å². The second-order valence-corrected chi connectivity index (χ2v) is 5.30. The van der Waals surface area contributed by atoms with Gasteiger partial charge < -0.3 is 15.7 Å². The van der Waals surface area contributed by atoms with Gasteiger partial charge in [-0.3, -0.25) is 5.32 Å². The lowest BCUT2D eigenvalue weighted by Gasteiger charge is -2.22. The molecule has 6 nitrogen and oxygen atoms in total. The van der Waals surface area contributed by atoms with E-state index in [-0.39, 0.29) is 11.6 Å². The standard InChI is InChI=1S/C13H22N4O2/c1-13(2,3)15-8-10(18)9-6-5-7-11(16-9)17-12(19)14-4/h5-7,10,15,18H,8H2,1-4H3,(H2,14,16,17,19)/t10-/m0/s1. The summed E-state index contributed by atoms with van der Waals surface area (Å²) in [5, 5.41) is 18.3. The Labute approximate surface area is 113 Å². The zero-order valence-corrected chi connectivity index (χ0v) is 11.8. The van der Waals surface area contributed by atoms with E-state index in [0.29, 0.717) is 18.1 Å². The van der Waals surface area contributed by atoms with Gasteiger partial charge in [0.05, 0.1) is 5.69 Å². The number of anilines is 1. The molecule has 1 heterocycles. The second-order valence-electron chi connectivity index (χ2n) is 5.30. The summed E-state index contributed by atoms with van der Waals surface area (Å²) in [6.45, 7) is 6.48. The van der Waals surface area contributed by atoms with Crippen LogP contribution in [0.2, 0.25) is 0 Å². The molecule has 6 heteroatoms. The number of aliphatic hydroxyl groups excluding tert-OH is 1. The fourth-order valence-corrected chi connectivity index (χ4v) is 1.39. The van der Waals surface area contributed by atoms with Crippen LogP contribution in [-0.4, -0.2) is 35.3 Å². The van der Waals surface area contributed by atoms with Gasteiger partial charge in [-0.05, 0) is 32.9 Å². The number of nitrogens with one attached hydrogen (secondary N) is 3. The number of aliphatic hydroxyl groups is 1. The summed E-state index contributed by atoms with van der Waals surface area (Å²) in [6.07, 6.45) is -0.717. The number of β-amino-alcohol motifs (C(OH)–C–C–N with tert-alkyl or cyclic N) is 1. The highest BCUT2D eigenvalue weighted by atomic mass is 16.3. The number of carbonyl (C=O) groups excluding carboxylic acids is 1. The molecule has 0 radical (unpaired) electrons. The predicted molar refractivity (Wildman–Crippen MR) is 75.0 cm³/mol. The summed E-state index contributed by atoms with van der Waals surface area (Å²) in [5.74, 6) is 0.409. The maximum Gasteiger partial charge on any atom is 0.320 e. The molecule has 1 aromatic heterocycles. The maximum absolute atomic E-state index is 11.2. The third-order valence-electron chi connectivity index (χ3n) is 2.41. The normalized spacial score (nSPS) is 12.9. The van der Waals surface area contributed by atoms with Gasteiger partial charge in [0.2, 0.25) is 0 Å². The van der Waals surface area contributed by atoms with Crippen molar-refractivity contribution in [1.82, 2.24) is 15.6 Å². The maximum atomic E-state index is 11.2. The molecule has 0 saturated carbocycles. The largest absolute Gasteiger partial charge is 0.385 e. The van der Waals surface area contributed by atoms with Crippen LogP contribution in [0.1, 0.15) is 32.6 Å². The highest BCUT2D eigenvalue weighted by molar-refractivity contribution is 5.87. The third kappa shape index (κ3) is 5.67. The van der Waals surface area contributed by atoms with Gasteiger partial charge in [-0.2, -0.15) is 0 Å². The Bertz CT molecular complexity index is 429. The Morgan fingerprint density at radius 1 is 1.42 bits per heavy atom. The first-order chi connectivity index (χ1) is 8.81. The van der Waals surface area contributed by atoms with Crippen molar-refractivity contribution in [2.75, 3.05) is 18.9 Å². The molecule has 0 bridgehead atoms. The van der Waals surface area contributed by atoms with E-state index >= 15 is 0 Å². The first kappa shape index (κ1) is 15.4. The van der Waals surface area contributed by atoms with Crippen molar-refractivity contribution in [2.45, 2.75) is 32.4 Å². The monoisotopic (exact) mass is 266 g/mol. The minimum atomic E-state index is -0.717. The highest BCUT2D eigenvalue weighted by Gasteiger charge is 2.15. The Kier molecular flexibility index (Phi) is 5.26. The molecule has 0 spiro atoms. The van der Waals surface area contributed by atoms with Crippen molar-refractivity contribution in [1.29, 1.82) is 0 Å². The Balaban J connectivity index is 2.67. The van der Waals surface area contributed by atoms with E-state index in [2.05, 4.69) is 20.9 Å². The summed E-state index contributed by atoms with van der Waals surface area (Å²) in [5.41, 5.74) is 0.449. The van der Waals surface area contributed by atoms with Gasteiger partial charge in [0.15, 0.2) is 0 Å². The average Bonchev–Trinajstić information content (AvgIpc) is 2.35. The Morgan fingerprint density at radius 3 is 2.68 bits per heavy atom. The van der Waals surface area contributed by atoms with Crippen LogP contribution in [0.25, 0.3) is 0 Å². The van der Waals surface area contributed by atoms with Crippen LogP contribution >= 0.6 is 0 Å². The Hall–Kier alpha value is -1.66. The van der Waals surface area contributed by atoms with Crippen LogP contribution < -0.4 is 16.0 Å². The van der Waals surface area contributed by atoms with E-state index in [0.717, 1.165) is 0 Å². The van der Waals surface area contributed by atoms with Gasteiger partial charge in [0.25, 0.3) is 0 Å². The molecule has 1 rings (SSSR count). The van der Waals surface area contributed by atoms with Crippen LogP contribution in [0.5, 0.6) is 0 Å². The van der Waals surface area contributed by atoms with E-state index in [1.165, 1.54) is 7.05 Å². The van der Waals surface area contributed by atoms with Crippen molar-refractivity contribution < 1.29 is 9.90 Å². The Morgan fingerprint density at radius 2 is 2.11 bits per heavy atom. The smallest absolute Gasteiger partial charge is 0.320 e. The fourth-order valence-electron chi connectivity index (χ4n) is 1.39. The quantitative estimate of drug-likeness (QED) is 0.661. The molecule has 0 aromatic carbocycles. The highest BCUT2D eigenvalue weighted by Crippen LogP contribution is 2.13. The van der Waals surface area contributed by atoms with Crippen LogP contribution in [0.15, 0.2) is 18.2 Å². The molecular formula is C13H22N4O2. The van der Waals surface area contributed by atoms with E-state index in [1.807, 2.05) is 20.8 Å². The summed E-state index contributed by atoms with van der Waals surface area (Å²) >= 11 is 0. The molecular weight excluding hydrogens is 244 g/mol. The summed E-state index contributed by atoms with van der Waals surface area (Å²) in [4.78, 5) is 15.4. The number of nitrogens with zero attached hydrogens (tertiary/aromatic N) is 1. The zero-order valence-electron chi connectivity index (χ0n) is 11.8. The number of carbonyl (C=O) groups is 1. The second kappa shape index (κ2) is 6.49. The van der Waals surface area contributed by atoms with Crippen molar-refractivity contribution >= 4 is 11.8 Å². The molecule has 0 aliphatic carbocycles. The number of urea groups is 1. The van der Waals surface area contributed by atoms with Crippen LogP contribution in [0.3, 0.4) is 0 Å².